The summed E-state index contributed by atoms with van der Waals surface area (Å²) >= 11 is 0. The number of aryl methyl sites for hydroxylation is 1. The van der Waals surface area contributed by atoms with E-state index in [4.69, 9.17) is 4.74 Å². The number of hydrogen-bond donors (Lipinski definition) is 2. The van der Waals surface area contributed by atoms with Crippen LogP contribution in [0.2, 0.25) is 0 Å². The van der Waals surface area contributed by atoms with E-state index in [0.29, 0.717) is 32.4 Å². The molecule has 1 aromatic heterocycles. The first-order valence-corrected chi connectivity index (χ1v) is 22.6. The number of alkyl carbamates (subject to hydrolysis) is 1. The Bertz CT molecular complexity index is 2000. The molecule has 2 N–H and O–H groups in total. The molecule has 12 heteroatoms. The molecule has 2 aliphatic rings. The number of rotatable bonds is 21. The topological polar surface area (TPSA) is 147 Å². The Morgan fingerprint density at radius 1 is 0.667 bits per heavy atom. The highest BCUT2D eigenvalue weighted by Gasteiger charge is 2.40. The number of nitrogens with zero attached hydrogens (tertiary/aromatic N) is 3. The quantitative estimate of drug-likeness (QED) is 0.105. The van der Waals surface area contributed by atoms with Gasteiger partial charge in [-0.15, -0.1) is 0 Å². The molecular weight excluding hydrogens is 759 g/mol. The van der Waals surface area contributed by atoms with Gasteiger partial charge in [0.05, 0.1) is 19.2 Å². The van der Waals surface area contributed by atoms with Crippen molar-refractivity contribution in [3.05, 3.63) is 47.5 Å². The molecule has 2 aliphatic heterocycles. The number of methoxy groups -OCH3 is 1. The lowest BCUT2D eigenvalue weighted by atomic mass is 9.98. The van der Waals surface area contributed by atoms with Crippen molar-refractivity contribution in [2.45, 2.75) is 162 Å². The van der Waals surface area contributed by atoms with Crippen molar-refractivity contribution < 1.29 is 33.5 Å². The van der Waals surface area contributed by atoms with E-state index in [1.807, 2.05) is 39.8 Å². The normalized spacial score (nSPS) is 17.8. The molecule has 0 spiro atoms. The van der Waals surface area contributed by atoms with Gasteiger partial charge in [-0.05, 0) is 67.2 Å². The van der Waals surface area contributed by atoms with Crippen molar-refractivity contribution >= 4 is 57.2 Å². The fraction of sp³-hybridized carbons (Fsp3) is 0.625. The Balaban J connectivity index is 1.39. The maximum Gasteiger partial charge on any atom is 0.407 e. The van der Waals surface area contributed by atoms with Gasteiger partial charge >= 0.3 is 6.09 Å². The lowest BCUT2D eigenvalue weighted by molar-refractivity contribution is -0.141. The van der Waals surface area contributed by atoms with Crippen molar-refractivity contribution in [2.75, 3.05) is 20.2 Å². The largest absolute Gasteiger partial charge is 0.453 e. The molecule has 0 bridgehead atoms. The molecule has 60 heavy (non-hydrogen) atoms. The summed E-state index contributed by atoms with van der Waals surface area (Å²) in [5.41, 5.74) is 3.84. The SMILES string of the molecule is CCCCCCCCCCn1c2cc(CC(=O)[C@@H]3CCCN3C(=O)[C@H](NC(C)=O)C(C)C)ccc2c2ccc(CC(=O)[C@@H]3CCCN3C(=O)[C@H](NC(=O)OC)C(C)C)cc21. The minimum absolute atomic E-state index is 0.00251. The van der Waals surface area contributed by atoms with E-state index in [-0.39, 0.29) is 54.0 Å². The third kappa shape index (κ3) is 11.3. The summed E-state index contributed by atoms with van der Waals surface area (Å²) in [4.78, 5) is 82.5. The number of unbranched alkanes of at least 4 members (excludes halogenated alkanes) is 7. The number of carbonyl (C=O) groups excluding carboxylic acids is 6. The maximum atomic E-state index is 14.0. The molecule has 0 saturated carbocycles. The second kappa shape index (κ2) is 21.7. The van der Waals surface area contributed by atoms with Crippen LogP contribution >= 0.6 is 0 Å². The lowest BCUT2D eigenvalue weighted by Gasteiger charge is -2.30. The molecule has 4 atom stereocenters. The first-order valence-electron chi connectivity index (χ1n) is 22.6. The van der Waals surface area contributed by atoms with Gasteiger partial charge in [0.25, 0.3) is 0 Å². The van der Waals surface area contributed by atoms with Gasteiger partial charge in [0, 0.05) is 61.2 Å². The van der Waals surface area contributed by atoms with Crippen LogP contribution < -0.4 is 10.6 Å². The number of hydrogen-bond acceptors (Lipinski definition) is 7. The van der Waals surface area contributed by atoms with Crippen molar-refractivity contribution in [1.82, 2.24) is 25.0 Å². The van der Waals surface area contributed by atoms with E-state index < -0.39 is 30.3 Å². The van der Waals surface area contributed by atoms with Gasteiger partial charge in [0.15, 0.2) is 11.6 Å². The summed E-state index contributed by atoms with van der Waals surface area (Å²) in [6, 6.07) is 9.87. The Kier molecular flexibility index (Phi) is 16.7. The minimum Gasteiger partial charge on any atom is -0.453 e. The van der Waals surface area contributed by atoms with Crippen LogP contribution in [0, 0.1) is 11.8 Å². The highest BCUT2D eigenvalue weighted by atomic mass is 16.5. The van der Waals surface area contributed by atoms with Crippen molar-refractivity contribution in [3.63, 3.8) is 0 Å². The molecule has 12 nitrogen and oxygen atoms in total. The molecule has 2 fully saturated rings. The fourth-order valence-corrected chi connectivity index (χ4v) is 9.21. The second-order valence-electron chi connectivity index (χ2n) is 17.8. The molecule has 4 amide bonds. The Morgan fingerprint density at radius 3 is 1.55 bits per heavy atom. The van der Waals surface area contributed by atoms with E-state index in [0.717, 1.165) is 58.7 Å². The van der Waals surface area contributed by atoms with Crippen LogP contribution in [0.3, 0.4) is 0 Å². The summed E-state index contributed by atoms with van der Waals surface area (Å²) in [7, 11) is 1.26. The highest BCUT2D eigenvalue weighted by Crippen LogP contribution is 2.33. The number of fused-ring (bicyclic) bond motifs is 3. The predicted octanol–water partition coefficient (Wildman–Crippen LogP) is 7.68. The summed E-state index contributed by atoms with van der Waals surface area (Å²) in [6.07, 6.45) is 11.9. The molecule has 3 heterocycles. The summed E-state index contributed by atoms with van der Waals surface area (Å²) in [5.74, 6) is -1.05. The molecule has 0 radical (unpaired) electrons. The summed E-state index contributed by atoms with van der Waals surface area (Å²) in [6.45, 7) is 12.9. The van der Waals surface area contributed by atoms with Crippen LogP contribution in [-0.4, -0.2) is 94.1 Å². The lowest BCUT2D eigenvalue weighted by Crippen LogP contribution is -2.53. The van der Waals surface area contributed by atoms with Gasteiger partial charge in [0.2, 0.25) is 17.7 Å². The van der Waals surface area contributed by atoms with Crippen LogP contribution in [0.4, 0.5) is 4.79 Å². The van der Waals surface area contributed by atoms with E-state index in [2.05, 4.69) is 46.4 Å². The van der Waals surface area contributed by atoms with Crippen LogP contribution in [0.25, 0.3) is 21.8 Å². The zero-order valence-electron chi connectivity index (χ0n) is 37.1. The number of Topliss-reactive ketones (excluding diaryl/α,β-unsaturated/α-hetero) is 2. The van der Waals surface area contributed by atoms with Crippen molar-refractivity contribution in [1.29, 1.82) is 0 Å². The molecule has 2 aromatic carbocycles. The van der Waals surface area contributed by atoms with Crippen molar-refractivity contribution in [2.24, 2.45) is 11.8 Å². The number of benzene rings is 2. The average molecular weight is 828 g/mol. The fourth-order valence-electron chi connectivity index (χ4n) is 9.21. The van der Waals surface area contributed by atoms with Gasteiger partial charge in [-0.1, -0.05) is 104 Å². The Labute approximate surface area is 356 Å². The van der Waals surface area contributed by atoms with Gasteiger partial charge < -0.3 is 29.7 Å². The smallest absolute Gasteiger partial charge is 0.407 e. The average Bonchev–Trinajstić information content (AvgIpc) is 3.98. The van der Waals surface area contributed by atoms with Crippen LogP contribution in [0.5, 0.6) is 0 Å². The third-order valence-corrected chi connectivity index (χ3v) is 12.5. The van der Waals surface area contributed by atoms with E-state index >= 15 is 0 Å². The third-order valence-electron chi connectivity index (χ3n) is 12.5. The molecule has 328 valence electrons. The molecule has 0 aliphatic carbocycles. The number of nitrogens with one attached hydrogen (secondary N) is 2. The van der Waals surface area contributed by atoms with Crippen LogP contribution in [0.15, 0.2) is 36.4 Å². The predicted molar refractivity (Wildman–Crippen MR) is 236 cm³/mol. The zero-order valence-corrected chi connectivity index (χ0v) is 37.1. The number of carbonyl (C=O) groups is 6. The molecule has 0 unspecified atom stereocenters. The molecule has 2 saturated heterocycles. The Morgan fingerprint density at radius 2 is 1.12 bits per heavy atom. The Hall–Kier alpha value is -4.74. The van der Waals surface area contributed by atoms with Crippen LogP contribution in [0.1, 0.15) is 130 Å². The number of amides is 4. The number of aromatic nitrogens is 1. The monoisotopic (exact) mass is 828 g/mol. The summed E-state index contributed by atoms with van der Waals surface area (Å²) in [5, 5.41) is 7.62. The summed E-state index contributed by atoms with van der Waals surface area (Å²) < 4.78 is 7.11. The van der Waals surface area contributed by atoms with Gasteiger partial charge in [-0.3, -0.25) is 24.0 Å². The first-order chi connectivity index (χ1) is 28.7. The number of ketones is 2. The molecule has 3 aromatic rings. The maximum absolute atomic E-state index is 14.0. The van der Waals surface area contributed by atoms with Gasteiger partial charge in [-0.25, -0.2) is 4.79 Å². The molecule has 5 rings (SSSR count). The highest BCUT2D eigenvalue weighted by molar-refractivity contribution is 6.09. The van der Waals surface area contributed by atoms with Gasteiger partial charge in [0.1, 0.15) is 12.1 Å². The zero-order chi connectivity index (χ0) is 43.5. The van der Waals surface area contributed by atoms with E-state index in [1.165, 1.54) is 52.6 Å². The number of likely N-dealkylation sites (tertiary alicyclic amines) is 2. The van der Waals surface area contributed by atoms with Crippen LogP contribution in [-0.2, 0) is 48.1 Å². The minimum atomic E-state index is -0.790. The molecular formula is C48H69N5O7. The van der Waals surface area contributed by atoms with E-state index in [1.54, 1.807) is 9.80 Å². The van der Waals surface area contributed by atoms with E-state index in [9.17, 15) is 28.8 Å². The van der Waals surface area contributed by atoms with Crippen molar-refractivity contribution in [3.8, 4) is 0 Å². The second-order valence-corrected chi connectivity index (χ2v) is 17.8. The first kappa shape index (κ1) is 46.3. The van der Waals surface area contributed by atoms with Gasteiger partial charge in [-0.2, -0.15) is 0 Å². The standard InChI is InChI=1S/C48H69N5O7/c1-8-9-10-11-12-13-14-15-24-51-40-27-34(29-42(55)38-18-16-25-52(38)46(57)44(31(2)3)49-33(6)54)20-22-36(40)37-23-21-35(28-41(37)51)30-43(56)39-19-17-26-53(39)47(58)45(32(4)5)50-48(59)60-7/h20-23,27-28,31-32,38-39,44-45H,8-19,24-26,29-30H2,1-7H3,(H,49,54)(H,50,59)/t38-,39-,44+,45+/m0/s1. The number of ether oxygens (including phenoxy) is 1.